The maximum atomic E-state index is 14.0. The quantitative estimate of drug-likeness (QED) is 0.222. The Balaban J connectivity index is 1.88. The van der Waals surface area contributed by atoms with Gasteiger partial charge in [0.25, 0.3) is 0 Å². The van der Waals surface area contributed by atoms with Gasteiger partial charge in [-0.15, -0.1) is 0 Å². The second kappa shape index (κ2) is 15.6. The van der Waals surface area contributed by atoms with Gasteiger partial charge in [0.2, 0.25) is 5.91 Å². The molecule has 1 aliphatic heterocycles. The number of amides is 1. The topological polar surface area (TPSA) is 173 Å². The Morgan fingerprint density at radius 1 is 1.00 bits per heavy atom. The van der Waals surface area contributed by atoms with Crippen molar-refractivity contribution < 1.29 is 42.2 Å². The zero-order valence-electron chi connectivity index (χ0n) is 26.8. The van der Waals surface area contributed by atoms with E-state index in [9.17, 15) is 23.7 Å². The smallest absolute Gasteiger partial charge is 0.459 e. The van der Waals surface area contributed by atoms with Crippen LogP contribution in [0.15, 0.2) is 47.4 Å². The summed E-state index contributed by atoms with van der Waals surface area (Å²) < 4.78 is 43.9. The van der Waals surface area contributed by atoms with Crippen LogP contribution in [-0.2, 0) is 37.7 Å². The Morgan fingerprint density at radius 3 is 2.24 bits per heavy atom. The van der Waals surface area contributed by atoms with Crippen LogP contribution in [0.1, 0.15) is 61.6 Å². The van der Waals surface area contributed by atoms with Gasteiger partial charge in [-0.2, -0.15) is 10.1 Å². The van der Waals surface area contributed by atoms with Crippen LogP contribution in [-0.4, -0.2) is 58.4 Å². The number of carbonyl (C=O) groups is 3. The summed E-state index contributed by atoms with van der Waals surface area (Å²) in [7, 11) is -4.27. The number of hydrogen-bond donors (Lipinski definition) is 2. The molecule has 6 atom stereocenters. The maximum absolute atomic E-state index is 14.0. The average Bonchev–Trinajstić information content (AvgIpc) is 3.26. The molecule has 248 valence electrons. The minimum Gasteiger partial charge on any atom is -0.462 e. The van der Waals surface area contributed by atoms with Crippen molar-refractivity contribution in [1.29, 1.82) is 0 Å². The first-order valence-electron chi connectivity index (χ1n) is 14.8. The molecule has 1 saturated heterocycles. The normalized spacial score (nSPS) is 21.8. The van der Waals surface area contributed by atoms with Crippen LogP contribution < -0.4 is 20.6 Å². The van der Waals surface area contributed by atoms with Crippen molar-refractivity contribution in [3.63, 3.8) is 0 Å². The Bertz CT molecular complexity index is 1430. The lowest BCUT2D eigenvalue weighted by Gasteiger charge is -2.26. The first-order chi connectivity index (χ1) is 21.1. The van der Waals surface area contributed by atoms with E-state index in [4.69, 9.17) is 23.3 Å². The summed E-state index contributed by atoms with van der Waals surface area (Å²) in [5, 5.41) is 5.19. The van der Waals surface area contributed by atoms with E-state index in [-0.39, 0.29) is 23.4 Å². The number of carbonyl (C=O) groups excluding carboxylic acids is 3. The number of benzene rings is 1. The molecule has 1 fully saturated rings. The molecule has 0 radical (unpaired) electrons. The number of nitrogens with one attached hydrogen (secondary N) is 2. The monoisotopic (exact) mass is 650 g/mol. The second-order valence-electron chi connectivity index (χ2n) is 11.7. The molecule has 0 spiro atoms. The number of ether oxygens (including phenoxy) is 3. The Kier molecular flexibility index (Phi) is 12.5. The molecular weight excluding hydrogens is 607 g/mol. The molecule has 14 nitrogen and oxygen atoms in total. The summed E-state index contributed by atoms with van der Waals surface area (Å²) in [5.41, 5.74) is -0.707. The van der Waals surface area contributed by atoms with E-state index < -0.39 is 74.4 Å². The number of esters is 2. The number of anilines is 1. The first-order valence-corrected chi connectivity index (χ1v) is 16.4. The van der Waals surface area contributed by atoms with Crippen molar-refractivity contribution in [3.05, 3.63) is 53.1 Å². The number of rotatable bonds is 14. The van der Waals surface area contributed by atoms with Crippen molar-refractivity contribution in [2.24, 2.45) is 17.8 Å². The molecule has 2 N–H and O–H groups in total. The van der Waals surface area contributed by atoms with Gasteiger partial charge >= 0.3 is 25.4 Å². The number of aromatic nitrogens is 2. The van der Waals surface area contributed by atoms with E-state index in [0.717, 1.165) is 0 Å². The van der Waals surface area contributed by atoms with Crippen LogP contribution in [0.2, 0.25) is 0 Å². The summed E-state index contributed by atoms with van der Waals surface area (Å²) in [4.78, 5) is 54.2. The average molecular weight is 651 g/mol. The Labute approximate surface area is 262 Å². The highest BCUT2D eigenvalue weighted by molar-refractivity contribution is 7.52. The summed E-state index contributed by atoms with van der Waals surface area (Å²) >= 11 is 0. The molecule has 2 aromatic rings. The highest BCUT2D eigenvalue weighted by atomic mass is 31.2. The first kappa shape index (κ1) is 35.9. The van der Waals surface area contributed by atoms with Gasteiger partial charge in [-0.1, -0.05) is 52.8 Å². The van der Waals surface area contributed by atoms with E-state index >= 15 is 0 Å². The standard InChI is InChI=1S/C30H43N4O10P/c1-17(2)26(35)31-24-14-15-34(30(38)32-24)27-20(7)25(43-28(36)18(3)4)23(42-27)16-40-45(39,44-22-12-10-9-11-13-22)33-21(8)29(37)41-19(5)6/h9-15,17-21,23,25,27H,16H2,1-8H3,(H,33,39)(H,31,32,35,38). The van der Waals surface area contributed by atoms with E-state index in [1.54, 1.807) is 78.8 Å². The number of nitrogens with zero attached hydrogens (tertiary/aromatic N) is 2. The molecule has 1 aliphatic rings. The van der Waals surface area contributed by atoms with E-state index in [2.05, 4.69) is 15.4 Å². The molecule has 0 aliphatic carbocycles. The molecule has 0 bridgehead atoms. The van der Waals surface area contributed by atoms with Crippen molar-refractivity contribution in [2.75, 3.05) is 11.9 Å². The Hall–Kier alpha value is -3.58. The Morgan fingerprint density at radius 2 is 1.67 bits per heavy atom. The van der Waals surface area contributed by atoms with Gasteiger partial charge in [0.15, 0.2) is 0 Å². The zero-order valence-corrected chi connectivity index (χ0v) is 27.7. The van der Waals surface area contributed by atoms with Crippen molar-refractivity contribution >= 4 is 31.4 Å². The van der Waals surface area contributed by atoms with Crippen LogP contribution >= 0.6 is 7.75 Å². The van der Waals surface area contributed by atoms with Crippen LogP contribution in [0.25, 0.3) is 0 Å². The number of para-hydroxylation sites is 1. The third-order valence-electron chi connectivity index (χ3n) is 6.69. The predicted octanol–water partition coefficient (Wildman–Crippen LogP) is 4.07. The van der Waals surface area contributed by atoms with Crippen LogP contribution in [0.3, 0.4) is 0 Å². The number of hydrogen-bond acceptors (Lipinski definition) is 11. The van der Waals surface area contributed by atoms with Crippen molar-refractivity contribution in [1.82, 2.24) is 14.6 Å². The van der Waals surface area contributed by atoms with Gasteiger partial charge in [-0.3, -0.25) is 23.5 Å². The molecule has 2 heterocycles. The highest BCUT2D eigenvalue weighted by Gasteiger charge is 2.47. The van der Waals surface area contributed by atoms with E-state index in [1.165, 1.54) is 23.8 Å². The fraction of sp³-hybridized carbons (Fsp3) is 0.567. The molecule has 0 saturated carbocycles. The SMILES string of the molecule is CC(C)OC(=O)C(C)NP(=O)(OCC1OC(n2ccc(NC(=O)C(C)C)nc2=O)C(C)C1OC(=O)C(C)C)Oc1ccccc1. The zero-order chi connectivity index (χ0) is 33.5. The predicted molar refractivity (Wildman–Crippen MR) is 164 cm³/mol. The lowest BCUT2D eigenvalue weighted by atomic mass is 10.0. The summed E-state index contributed by atoms with van der Waals surface area (Å²) in [6.07, 6.45) is -1.87. The molecule has 3 rings (SSSR count). The van der Waals surface area contributed by atoms with E-state index in [0.29, 0.717) is 0 Å². The van der Waals surface area contributed by atoms with Gasteiger partial charge in [0, 0.05) is 18.0 Å². The van der Waals surface area contributed by atoms with Crippen LogP contribution in [0.5, 0.6) is 5.75 Å². The molecule has 45 heavy (non-hydrogen) atoms. The van der Waals surface area contributed by atoms with Crippen molar-refractivity contribution in [3.8, 4) is 5.75 Å². The largest absolute Gasteiger partial charge is 0.462 e. The van der Waals surface area contributed by atoms with Gasteiger partial charge in [-0.25, -0.2) is 9.36 Å². The maximum Gasteiger partial charge on any atom is 0.459 e. The van der Waals surface area contributed by atoms with Gasteiger partial charge in [0.1, 0.15) is 36.0 Å². The lowest BCUT2D eigenvalue weighted by molar-refractivity contribution is -0.158. The third-order valence-corrected chi connectivity index (χ3v) is 8.33. The van der Waals surface area contributed by atoms with E-state index in [1.807, 2.05) is 0 Å². The molecule has 1 aromatic heterocycles. The molecule has 1 aromatic carbocycles. The van der Waals surface area contributed by atoms with Gasteiger partial charge < -0.3 is 24.1 Å². The fourth-order valence-electron chi connectivity index (χ4n) is 4.24. The lowest BCUT2D eigenvalue weighted by Crippen LogP contribution is -2.38. The van der Waals surface area contributed by atoms with Gasteiger partial charge in [0.05, 0.1) is 18.6 Å². The molecule has 15 heteroatoms. The molecule has 1 amide bonds. The van der Waals surface area contributed by atoms with Crippen LogP contribution in [0, 0.1) is 17.8 Å². The minimum atomic E-state index is -4.27. The molecule has 6 unspecified atom stereocenters. The minimum absolute atomic E-state index is 0.0819. The van der Waals surface area contributed by atoms with Crippen LogP contribution in [0.4, 0.5) is 5.82 Å². The molecular formula is C30H43N4O10P. The summed E-state index contributed by atoms with van der Waals surface area (Å²) in [5.74, 6) is -2.55. The summed E-state index contributed by atoms with van der Waals surface area (Å²) in [6.45, 7) is 12.9. The fourth-order valence-corrected chi connectivity index (χ4v) is 5.74. The summed E-state index contributed by atoms with van der Waals surface area (Å²) in [6, 6.07) is 8.62. The van der Waals surface area contributed by atoms with Crippen molar-refractivity contribution in [2.45, 2.75) is 86.0 Å². The third kappa shape index (κ3) is 9.95. The second-order valence-corrected chi connectivity index (χ2v) is 13.4. The van der Waals surface area contributed by atoms with Gasteiger partial charge in [-0.05, 0) is 39.0 Å². The highest BCUT2D eigenvalue weighted by Crippen LogP contribution is 2.46.